The second-order valence-electron chi connectivity index (χ2n) is 6.97. The second-order valence-corrected chi connectivity index (χ2v) is 7.21. The molecule has 1 aromatic rings. The average molecular weight is 443 g/mol. The van der Waals surface area contributed by atoms with Gasteiger partial charge < -0.3 is 24.1 Å². The van der Waals surface area contributed by atoms with Crippen LogP contribution >= 0.6 is 12.8 Å². The van der Waals surface area contributed by atoms with E-state index in [-0.39, 0.29) is 38.1 Å². The van der Waals surface area contributed by atoms with Crippen molar-refractivity contribution in [3.63, 3.8) is 0 Å². The third-order valence-corrected chi connectivity index (χ3v) is 4.43. The predicted octanol–water partition coefficient (Wildman–Crippen LogP) is 2.07. The molecule has 0 aliphatic carbocycles. The third kappa shape index (κ3) is 8.50. The summed E-state index contributed by atoms with van der Waals surface area (Å²) in [6.45, 7) is 3.75. The van der Waals surface area contributed by atoms with Gasteiger partial charge in [0.25, 0.3) is 0 Å². The first-order valence-corrected chi connectivity index (χ1v) is 9.69. The Kier molecular flexibility index (Phi) is 10.9. The molecule has 3 atom stereocenters. The van der Waals surface area contributed by atoms with E-state index in [4.69, 9.17) is 20.3 Å². The van der Waals surface area contributed by atoms with Crippen molar-refractivity contribution in [2.24, 2.45) is 17.0 Å². The molecule has 0 aliphatic rings. The van der Waals surface area contributed by atoms with E-state index in [0.29, 0.717) is 18.6 Å². The molecule has 1 aromatic carbocycles. The minimum absolute atomic E-state index is 0.133. The number of rotatable bonds is 14. The Morgan fingerprint density at radius 3 is 2.57 bits per heavy atom. The largest absolute Gasteiger partial charge is 0.493 e. The van der Waals surface area contributed by atoms with Crippen molar-refractivity contribution in [3.8, 4) is 5.75 Å². The van der Waals surface area contributed by atoms with Gasteiger partial charge in [-0.2, -0.15) is 0 Å². The van der Waals surface area contributed by atoms with Gasteiger partial charge in [-0.05, 0) is 42.0 Å². The Labute approximate surface area is 182 Å². The number of nitrogens with one attached hydrogen (secondary N) is 1. The summed E-state index contributed by atoms with van der Waals surface area (Å²) < 4.78 is 22.2. The summed E-state index contributed by atoms with van der Waals surface area (Å²) in [7, 11) is 1.23. The zero-order valence-corrected chi connectivity index (χ0v) is 18.0. The average Bonchev–Trinajstić information content (AvgIpc) is 2.77. The number of hydrogen-bond acceptors (Lipinski definition) is 8. The lowest BCUT2D eigenvalue weighted by Crippen LogP contribution is -2.47. The molecule has 11 heteroatoms. The first kappa shape index (κ1) is 23.8. The van der Waals surface area contributed by atoms with Crippen molar-refractivity contribution in [3.05, 3.63) is 40.3 Å². The van der Waals surface area contributed by atoms with Gasteiger partial charge >= 0.3 is 5.97 Å². The number of aliphatic hydroxyl groups is 1. The molecule has 10 nitrogen and oxygen atoms in total. The number of carbonyl (C=O) groups is 2. The van der Waals surface area contributed by atoms with Gasteiger partial charge in [-0.25, -0.2) is 4.79 Å². The van der Waals surface area contributed by atoms with Crippen LogP contribution in [-0.4, -0.2) is 57.1 Å². The lowest BCUT2D eigenvalue weighted by atomic mass is 10.0. The number of esters is 1. The van der Waals surface area contributed by atoms with Gasteiger partial charge in [-0.15, -0.1) is 0 Å². The van der Waals surface area contributed by atoms with Gasteiger partial charge in [-0.1, -0.05) is 31.1 Å². The van der Waals surface area contributed by atoms with Crippen LogP contribution in [0.4, 0.5) is 0 Å². The minimum Gasteiger partial charge on any atom is -0.493 e. The second kappa shape index (κ2) is 13.7. The van der Waals surface area contributed by atoms with E-state index in [2.05, 4.69) is 15.3 Å². The summed E-state index contributed by atoms with van der Waals surface area (Å²) in [4.78, 5) is 27.3. The SMILES string of the molecule is [3H]SOCC(CO)COc1ccc(CC(NC(=O)[C@@H](N=[N+]=[N-])C(C)C)C(=O)OC)cc1. The topological polar surface area (TPSA) is 143 Å². The number of carbonyl (C=O) groups excluding carboxylic acids is 2. The fraction of sp³-hybridized carbons (Fsp3) is 0.579. The van der Waals surface area contributed by atoms with E-state index in [0.717, 1.165) is 5.56 Å². The maximum Gasteiger partial charge on any atom is 0.328 e. The minimum atomic E-state index is -0.947. The Balaban J connectivity index is 2.77. The first-order valence-electron chi connectivity index (χ1n) is 9.76. The highest BCUT2D eigenvalue weighted by Gasteiger charge is 2.27. The maximum atomic E-state index is 12.5. The fourth-order valence-corrected chi connectivity index (χ4v) is 2.75. The highest BCUT2D eigenvalue weighted by molar-refractivity contribution is 7.75. The van der Waals surface area contributed by atoms with E-state index >= 15 is 0 Å². The van der Waals surface area contributed by atoms with Crippen molar-refractivity contribution in [2.45, 2.75) is 32.4 Å². The van der Waals surface area contributed by atoms with Crippen molar-refractivity contribution in [1.82, 2.24) is 5.32 Å². The molecule has 1 rings (SSSR count). The van der Waals surface area contributed by atoms with E-state index in [9.17, 15) is 14.7 Å². The van der Waals surface area contributed by atoms with Gasteiger partial charge in [-0.3, -0.25) is 4.79 Å². The highest BCUT2D eigenvalue weighted by Crippen LogP contribution is 2.16. The molecule has 0 aromatic heterocycles. The molecule has 2 N–H and O–H groups in total. The molecule has 0 fully saturated rings. The number of hydrogen-bond donors (Lipinski definition) is 3. The molecule has 30 heavy (non-hydrogen) atoms. The van der Waals surface area contributed by atoms with Crippen LogP contribution in [-0.2, 0) is 24.9 Å². The molecule has 0 radical (unpaired) electrons. The quantitative estimate of drug-likeness (QED) is 0.100. The van der Waals surface area contributed by atoms with E-state index in [1.807, 2.05) is 0 Å². The molecule has 0 saturated carbocycles. The summed E-state index contributed by atoms with van der Waals surface area (Å²) in [5, 5.41) is 15.4. The number of thiol groups is 1. The van der Waals surface area contributed by atoms with Gasteiger partial charge in [0.1, 0.15) is 19.0 Å². The number of azide groups is 1. The lowest BCUT2D eigenvalue weighted by molar-refractivity contribution is -0.145. The van der Waals surface area contributed by atoms with E-state index in [1.54, 1.807) is 38.1 Å². The van der Waals surface area contributed by atoms with Crippen LogP contribution in [0, 0.1) is 11.8 Å². The van der Waals surface area contributed by atoms with Crippen LogP contribution in [0.1, 0.15) is 19.4 Å². The van der Waals surface area contributed by atoms with E-state index < -0.39 is 24.0 Å². The third-order valence-electron chi connectivity index (χ3n) is 4.29. The van der Waals surface area contributed by atoms with Crippen molar-refractivity contribution >= 4 is 24.7 Å². The summed E-state index contributed by atoms with van der Waals surface area (Å²) in [6, 6.07) is 5.01. The summed E-state index contributed by atoms with van der Waals surface area (Å²) in [5.74, 6) is -1.11. The fourth-order valence-electron chi connectivity index (χ4n) is 2.56. The lowest BCUT2D eigenvalue weighted by Gasteiger charge is -2.21. The summed E-state index contributed by atoms with van der Waals surface area (Å²) in [5.41, 5.74) is 9.42. The number of nitrogens with zero attached hydrogens (tertiary/aromatic N) is 3. The molecule has 0 heterocycles. The smallest absolute Gasteiger partial charge is 0.328 e. The Morgan fingerprint density at radius 1 is 1.33 bits per heavy atom. The molecule has 0 saturated heterocycles. The van der Waals surface area contributed by atoms with Gasteiger partial charge in [0, 0.05) is 17.3 Å². The molecular formula is C19H28N4O6S. The Morgan fingerprint density at radius 2 is 2.03 bits per heavy atom. The van der Waals surface area contributed by atoms with Crippen molar-refractivity contribution in [2.75, 3.05) is 26.9 Å². The van der Waals surface area contributed by atoms with Gasteiger partial charge in [0.15, 0.2) is 0 Å². The molecule has 2 unspecified atom stereocenters. The number of methoxy groups -OCH3 is 1. The molecule has 0 aliphatic heterocycles. The first-order chi connectivity index (χ1) is 14.9. The van der Waals surface area contributed by atoms with E-state index in [1.165, 1.54) is 7.11 Å². The number of amides is 1. The molecule has 1 amide bonds. The summed E-state index contributed by atoms with van der Waals surface area (Å²) >= 11 is 0.481. The zero-order valence-electron chi connectivity index (χ0n) is 18.2. The van der Waals surface area contributed by atoms with Gasteiger partial charge in [0.2, 0.25) is 5.91 Å². The normalized spacial score (nSPS) is 14.1. The molecule has 0 bridgehead atoms. The maximum absolute atomic E-state index is 12.5. The van der Waals surface area contributed by atoms with Crippen molar-refractivity contribution in [1.29, 1.82) is 1.12 Å². The van der Waals surface area contributed by atoms with Crippen LogP contribution in [0.15, 0.2) is 29.4 Å². The zero-order chi connectivity index (χ0) is 23.2. The molecule has 0 spiro atoms. The van der Waals surface area contributed by atoms with Crippen LogP contribution in [0.3, 0.4) is 0 Å². The Hall–Kier alpha value is -2.46. The number of ether oxygens (including phenoxy) is 2. The van der Waals surface area contributed by atoms with Crippen LogP contribution in [0.2, 0.25) is 0 Å². The van der Waals surface area contributed by atoms with Crippen LogP contribution < -0.4 is 10.1 Å². The number of aliphatic hydroxyl groups excluding tert-OH is 1. The standard InChI is InChI=1S/C19H28N4O6S/c1-12(2)17(22-23-20)18(25)21-16(19(26)27-3)8-13-4-6-15(7-5-13)28-10-14(9-24)11-29-30/h4-7,12,14,16-17,24,30H,8-11H2,1-3H3,(H,21,25)/t14?,16?,17-/m0/s1/i/hT. The van der Waals surface area contributed by atoms with Crippen LogP contribution in [0.25, 0.3) is 10.4 Å². The molecule has 166 valence electrons. The predicted molar refractivity (Wildman–Crippen MR) is 113 cm³/mol. The number of benzene rings is 1. The van der Waals surface area contributed by atoms with Gasteiger partial charge in [0.05, 0.1) is 26.9 Å². The van der Waals surface area contributed by atoms with Crippen LogP contribution in [0.5, 0.6) is 5.75 Å². The highest BCUT2D eigenvalue weighted by atomic mass is 32.1. The molecular weight excluding hydrogens is 412 g/mol. The van der Waals surface area contributed by atoms with Crippen molar-refractivity contribution < 1.29 is 28.4 Å². The monoisotopic (exact) mass is 442 g/mol. The summed E-state index contributed by atoms with van der Waals surface area (Å²) in [6.07, 6.45) is 0.174. The Bertz CT molecular complexity index is 745.